The molecule has 2 rings (SSSR count). The minimum absolute atomic E-state index is 0.0480. The third-order valence-electron chi connectivity index (χ3n) is 4.24. The fraction of sp³-hybridized carbons (Fsp3) is 0.500. The Morgan fingerprint density at radius 3 is 2.41 bits per heavy atom. The fourth-order valence-corrected chi connectivity index (χ4v) is 4.28. The highest BCUT2D eigenvalue weighted by Crippen LogP contribution is 2.46. The quantitative estimate of drug-likeness (QED) is 0.388. The molecule has 22 heavy (non-hydrogen) atoms. The van der Waals surface area contributed by atoms with E-state index in [1.54, 1.807) is 6.92 Å². The molecule has 0 saturated heterocycles. The molecule has 0 heterocycles. The molecule has 1 atom stereocenters. The predicted octanol–water partition coefficient (Wildman–Crippen LogP) is 3.66. The minimum Gasteiger partial charge on any atom is -0.305 e. The summed E-state index contributed by atoms with van der Waals surface area (Å²) in [6, 6.07) is 2.58. The topological polar surface area (TPSA) is 97.5 Å². The zero-order chi connectivity index (χ0) is 16.5. The highest BCUT2D eigenvalue weighted by Gasteiger charge is 2.44. The molecule has 120 valence electrons. The lowest BCUT2D eigenvalue weighted by molar-refractivity contribution is -0.386. The molecule has 1 aliphatic carbocycles. The number of carbonyl (C=O) groups is 1. The number of benzene rings is 1. The van der Waals surface area contributed by atoms with Crippen LogP contribution in [0, 0.1) is 17.0 Å². The van der Waals surface area contributed by atoms with Crippen LogP contribution < -0.4 is 0 Å². The zero-order valence-electron chi connectivity index (χ0n) is 12.0. The predicted molar refractivity (Wildman–Crippen MR) is 83.6 cm³/mol. The van der Waals surface area contributed by atoms with Crippen molar-refractivity contribution in [3.8, 4) is 0 Å². The van der Waals surface area contributed by atoms with Crippen LogP contribution in [0.5, 0.6) is 0 Å². The van der Waals surface area contributed by atoms with E-state index in [1.165, 1.54) is 6.07 Å². The van der Waals surface area contributed by atoms with Crippen molar-refractivity contribution in [2.24, 2.45) is 0 Å². The Balaban J connectivity index is 2.71. The van der Waals surface area contributed by atoms with Crippen LogP contribution in [-0.4, -0.2) is 18.9 Å². The summed E-state index contributed by atoms with van der Waals surface area (Å²) in [7, 11) is 0. The second kappa shape index (κ2) is 6.44. The molecule has 0 spiro atoms. The van der Waals surface area contributed by atoms with Crippen molar-refractivity contribution in [3.63, 3.8) is 0 Å². The maximum absolute atomic E-state index is 12.0. The average Bonchev–Trinajstić information content (AvgIpc) is 2.46. The van der Waals surface area contributed by atoms with E-state index in [2.05, 4.69) is 0 Å². The highest BCUT2D eigenvalue weighted by molar-refractivity contribution is 7.80. The maximum atomic E-state index is 12.0. The van der Waals surface area contributed by atoms with Crippen LogP contribution in [0.4, 0.5) is 5.69 Å². The molecule has 1 aromatic rings. The minimum atomic E-state index is -2.24. The van der Waals surface area contributed by atoms with E-state index in [0.717, 1.165) is 25.3 Å². The van der Waals surface area contributed by atoms with Gasteiger partial charge in [-0.15, -0.1) is 0 Å². The highest BCUT2D eigenvalue weighted by atomic mass is 35.5. The molecule has 1 aromatic carbocycles. The second-order valence-electron chi connectivity index (χ2n) is 5.52. The summed E-state index contributed by atoms with van der Waals surface area (Å²) < 4.78 is 20.6. The van der Waals surface area contributed by atoms with Gasteiger partial charge in [-0.1, -0.05) is 19.3 Å². The van der Waals surface area contributed by atoms with Gasteiger partial charge in [-0.2, -0.15) is 0 Å². The van der Waals surface area contributed by atoms with Gasteiger partial charge >= 0.3 is 0 Å². The number of nitro benzene ring substituents is 1. The van der Waals surface area contributed by atoms with E-state index in [1.807, 2.05) is 0 Å². The van der Waals surface area contributed by atoms with E-state index < -0.39 is 26.0 Å². The SMILES string of the molecule is Cc1cc(C2(S(=O)O)CCCCC2)c([N+](=O)[O-])cc1C(=O)Cl. The van der Waals surface area contributed by atoms with Gasteiger partial charge in [0.05, 0.1) is 10.5 Å². The first-order valence-electron chi connectivity index (χ1n) is 6.90. The molecule has 0 amide bonds. The van der Waals surface area contributed by atoms with E-state index in [-0.39, 0.29) is 16.8 Å². The van der Waals surface area contributed by atoms with Crippen molar-refractivity contribution in [2.45, 2.75) is 43.8 Å². The summed E-state index contributed by atoms with van der Waals surface area (Å²) in [5.74, 6) is 0. The smallest absolute Gasteiger partial charge is 0.274 e. The Morgan fingerprint density at radius 2 is 1.95 bits per heavy atom. The summed E-state index contributed by atoms with van der Waals surface area (Å²) in [5, 5.41) is 10.6. The third-order valence-corrected chi connectivity index (χ3v) is 5.74. The molecular formula is C14H16ClNO5S. The van der Waals surface area contributed by atoms with Gasteiger partial charge in [0.15, 0.2) is 11.1 Å². The van der Waals surface area contributed by atoms with Crippen LogP contribution in [-0.2, 0) is 15.8 Å². The summed E-state index contributed by atoms with van der Waals surface area (Å²) >= 11 is 3.21. The number of carbonyl (C=O) groups excluding carboxylic acids is 1. The lowest BCUT2D eigenvalue weighted by Crippen LogP contribution is -2.34. The molecule has 1 unspecified atom stereocenters. The van der Waals surface area contributed by atoms with Crippen LogP contribution in [0.3, 0.4) is 0 Å². The van der Waals surface area contributed by atoms with E-state index in [0.29, 0.717) is 18.4 Å². The fourth-order valence-electron chi connectivity index (χ4n) is 3.09. The first-order valence-corrected chi connectivity index (χ1v) is 8.38. The first kappa shape index (κ1) is 17.1. The number of nitrogens with zero attached hydrogens (tertiary/aromatic N) is 1. The van der Waals surface area contributed by atoms with Crippen LogP contribution in [0.2, 0.25) is 0 Å². The van der Waals surface area contributed by atoms with Crippen molar-refractivity contribution in [2.75, 3.05) is 0 Å². The van der Waals surface area contributed by atoms with Crippen molar-refractivity contribution in [1.29, 1.82) is 0 Å². The normalized spacial score (nSPS) is 18.7. The molecule has 1 N–H and O–H groups in total. The monoisotopic (exact) mass is 345 g/mol. The van der Waals surface area contributed by atoms with E-state index in [4.69, 9.17) is 11.6 Å². The van der Waals surface area contributed by atoms with Crippen LogP contribution >= 0.6 is 11.6 Å². The third kappa shape index (κ3) is 2.93. The van der Waals surface area contributed by atoms with E-state index >= 15 is 0 Å². The van der Waals surface area contributed by atoms with Crippen molar-refractivity contribution in [3.05, 3.63) is 38.9 Å². The summed E-state index contributed by atoms with van der Waals surface area (Å²) in [4.78, 5) is 22.1. The first-order chi connectivity index (χ1) is 10.3. The lowest BCUT2D eigenvalue weighted by Gasteiger charge is -2.34. The van der Waals surface area contributed by atoms with Crippen molar-refractivity contribution in [1.82, 2.24) is 0 Å². The standard InChI is InChI=1S/C14H16ClNO5S/c1-9-7-11(12(16(18)19)8-10(9)13(15)17)14(22(20)21)5-3-2-4-6-14/h7-8H,2-6H2,1H3,(H,20,21). The number of rotatable bonds is 4. The van der Waals surface area contributed by atoms with Crippen LogP contribution in [0.25, 0.3) is 0 Å². The largest absolute Gasteiger partial charge is 0.305 e. The summed E-state index contributed by atoms with van der Waals surface area (Å²) in [6.07, 6.45) is 3.22. The molecular weight excluding hydrogens is 330 g/mol. The molecule has 0 aliphatic heterocycles. The van der Waals surface area contributed by atoms with Crippen LogP contribution in [0.1, 0.15) is 53.6 Å². The second-order valence-corrected chi connectivity index (χ2v) is 7.14. The number of hydrogen-bond donors (Lipinski definition) is 1. The van der Waals surface area contributed by atoms with Gasteiger partial charge in [-0.25, -0.2) is 4.21 Å². The molecule has 8 heteroatoms. The molecule has 1 saturated carbocycles. The summed E-state index contributed by atoms with van der Waals surface area (Å²) in [5.41, 5.74) is 0.416. The molecule has 1 aliphatic rings. The molecule has 6 nitrogen and oxygen atoms in total. The van der Waals surface area contributed by atoms with Gasteiger partial charge in [-0.3, -0.25) is 14.9 Å². The molecule has 0 bridgehead atoms. The van der Waals surface area contributed by atoms with Gasteiger partial charge in [0.1, 0.15) is 4.75 Å². The Labute approximate surface area is 135 Å². The van der Waals surface area contributed by atoms with Crippen molar-refractivity contribution >= 4 is 33.6 Å². The Hall–Kier alpha value is -1.31. The molecule has 0 radical (unpaired) electrons. The zero-order valence-corrected chi connectivity index (χ0v) is 13.6. The van der Waals surface area contributed by atoms with Crippen LogP contribution in [0.15, 0.2) is 12.1 Å². The summed E-state index contributed by atoms with van der Waals surface area (Å²) in [6.45, 7) is 1.61. The Bertz CT molecular complexity index is 655. The van der Waals surface area contributed by atoms with Gasteiger partial charge in [0, 0.05) is 11.6 Å². The molecule has 1 fully saturated rings. The number of halogens is 1. The Kier molecular flexibility index (Phi) is 4.99. The Morgan fingerprint density at radius 1 is 1.36 bits per heavy atom. The maximum Gasteiger partial charge on any atom is 0.274 e. The van der Waals surface area contributed by atoms with Gasteiger partial charge in [0.25, 0.3) is 10.9 Å². The average molecular weight is 346 g/mol. The lowest BCUT2D eigenvalue weighted by atomic mass is 9.81. The number of hydrogen-bond acceptors (Lipinski definition) is 4. The van der Waals surface area contributed by atoms with Gasteiger partial charge < -0.3 is 4.55 Å². The number of nitro groups is 1. The van der Waals surface area contributed by atoms with Crippen molar-refractivity contribution < 1.29 is 18.5 Å². The number of aryl methyl sites for hydroxylation is 1. The molecule has 0 aromatic heterocycles. The van der Waals surface area contributed by atoms with Gasteiger partial charge in [-0.05, 0) is 43.0 Å². The van der Waals surface area contributed by atoms with Gasteiger partial charge in [0.2, 0.25) is 0 Å². The van der Waals surface area contributed by atoms with E-state index in [9.17, 15) is 23.7 Å².